The zero-order valence-corrected chi connectivity index (χ0v) is 12.7. The molecule has 1 fully saturated rings. The summed E-state index contributed by atoms with van der Waals surface area (Å²) in [5, 5.41) is 9.19. The van der Waals surface area contributed by atoms with Gasteiger partial charge in [-0.05, 0) is 37.5 Å². The van der Waals surface area contributed by atoms with Crippen molar-refractivity contribution in [1.29, 1.82) is 0 Å². The van der Waals surface area contributed by atoms with Crippen LogP contribution in [-0.4, -0.2) is 41.2 Å². The molecule has 1 heterocycles. The second-order valence-electron chi connectivity index (χ2n) is 5.78. The molecule has 0 saturated carbocycles. The molecule has 1 aliphatic rings. The molecular formula is C16H24N2O3. The zero-order chi connectivity index (χ0) is 15.5. The normalized spacial score (nSPS) is 24.0. The maximum atomic E-state index is 11.2. The Morgan fingerprint density at radius 2 is 2.14 bits per heavy atom. The first-order chi connectivity index (χ1) is 9.96. The van der Waals surface area contributed by atoms with Crippen molar-refractivity contribution in [3.63, 3.8) is 0 Å². The van der Waals surface area contributed by atoms with Gasteiger partial charge in [0.15, 0.2) is 0 Å². The number of hydrogen-bond donors (Lipinski definition) is 2. The highest BCUT2D eigenvalue weighted by Gasteiger charge is 2.42. The van der Waals surface area contributed by atoms with Crippen LogP contribution in [0.3, 0.4) is 0 Å². The molecule has 21 heavy (non-hydrogen) atoms. The Hall–Kier alpha value is -1.59. The van der Waals surface area contributed by atoms with Gasteiger partial charge in [-0.1, -0.05) is 19.1 Å². The van der Waals surface area contributed by atoms with Crippen molar-refractivity contribution in [2.24, 2.45) is 5.73 Å². The fraction of sp³-hybridized carbons (Fsp3) is 0.562. The maximum absolute atomic E-state index is 11.2. The molecule has 5 nitrogen and oxygen atoms in total. The van der Waals surface area contributed by atoms with Crippen LogP contribution in [0.4, 0.5) is 0 Å². The number of carbonyl (C=O) groups is 1. The number of ether oxygens (including phenoxy) is 1. The van der Waals surface area contributed by atoms with E-state index in [1.807, 2.05) is 24.3 Å². The summed E-state index contributed by atoms with van der Waals surface area (Å²) >= 11 is 0. The number of nitrogens with two attached hydrogens (primary N) is 1. The fourth-order valence-electron chi connectivity index (χ4n) is 2.64. The third kappa shape index (κ3) is 3.54. The molecule has 0 bridgehead atoms. The molecule has 2 rings (SSSR count). The van der Waals surface area contributed by atoms with E-state index < -0.39 is 11.5 Å². The first-order valence-electron chi connectivity index (χ1n) is 7.45. The van der Waals surface area contributed by atoms with E-state index in [2.05, 4.69) is 18.7 Å². The molecule has 1 aromatic carbocycles. The van der Waals surface area contributed by atoms with Crippen LogP contribution >= 0.6 is 0 Å². The highest BCUT2D eigenvalue weighted by molar-refractivity contribution is 5.79. The van der Waals surface area contributed by atoms with Crippen LogP contribution in [0.25, 0.3) is 0 Å². The van der Waals surface area contributed by atoms with Crippen LogP contribution in [0.2, 0.25) is 0 Å². The van der Waals surface area contributed by atoms with E-state index in [1.165, 1.54) is 0 Å². The first-order valence-corrected chi connectivity index (χ1v) is 7.45. The number of hydrogen-bond acceptors (Lipinski definition) is 4. The van der Waals surface area contributed by atoms with Crippen molar-refractivity contribution in [3.8, 4) is 5.75 Å². The van der Waals surface area contributed by atoms with E-state index >= 15 is 0 Å². The maximum Gasteiger partial charge on any atom is 0.325 e. The minimum absolute atomic E-state index is 0.148. The number of nitrogens with zero attached hydrogens (tertiary/aromatic N) is 1. The van der Waals surface area contributed by atoms with Crippen molar-refractivity contribution in [1.82, 2.24) is 4.90 Å². The Morgan fingerprint density at radius 1 is 1.48 bits per heavy atom. The lowest BCUT2D eigenvalue weighted by Crippen LogP contribution is -2.50. The minimum Gasteiger partial charge on any atom is -0.494 e. The highest BCUT2D eigenvalue weighted by Crippen LogP contribution is 2.29. The Labute approximate surface area is 125 Å². The lowest BCUT2D eigenvalue weighted by Gasteiger charge is -2.26. The van der Waals surface area contributed by atoms with Gasteiger partial charge in [0.1, 0.15) is 11.3 Å². The van der Waals surface area contributed by atoms with Crippen molar-refractivity contribution in [2.45, 2.75) is 38.3 Å². The quantitative estimate of drug-likeness (QED) is 0.839. The summed E-state index contributed by atoms with van der Waals surface area (Å²) in [6.45, 7) is 5.96. The predicted octanol–water partition coefficient (Wildman–Crippen LogP) is 2.02. The molecule has 0 aliphatic carbocycles. The van der Waals surface area contributed by atoms with Gasteiger partial charge in [0, 0.05) is 19.1 Å². The van der Waals surface area contributed by atoms with E-state index in [1.54, 1.807) is 0 Å². The molecule has 0 spiro atoms. The summed E-state index contributed by atoms with van der Waals surface area (Å²) < 4.78 is 5.57. The van der Waals surface area contributed by atoms with Crippen LogP contribution in [0.1, 0.15) is 38.3 Å². The number of carboxylic acids is 1. The van der Waals surface area contributed by atoms with Gasteiger partial charge < -0.3 is 15.6 Å². The molecule has 0 radical (unpaired) electrons. The Balaban J connectivity index is 2.00. The summed E-state index contributed by atoms with van der Waals surface area (Å²) in [6.07, 6.45) is 1.48. The van der Waals surface area contributed by atoms with Crippen molar-refractivity contribution >= 4 is 5.97 Å². The van der Waals surface area contributed by atoms with Gasteiger partial charge in [0.25, 0.3) is 0 Å². The van der Waals surface area contributed by atoms with Gasteiger partial charge in [-0.3, -0.25) is 9.69 Å². The van der Waals surface area contributed by atoms with Crippen molar-refractivity contribution in [2.75, 3.05) is 19.7 Å². The number of rotatable bonds is 6. The number of benzene rings is 1. The van der Waals surface area contributed by atoms with Gasteiger partial charge in [-0.25, -0.2) is 0 Å². The number of aliphatic carboxylic acids is 1. The third-order valence-corrected chi connectivity index (χ3v) is 4.14. The van der Waals surface area contributed by atoms with E-state index in [0.29, 0.717) is 19.5 Å². The number of carboxylic acid groups (broad SMARTS) is 1. The van der Waals surface area contributed by atoms with E-state index in [9.17, 15) is 9.90 Å². The topological polar surface area (TPSA) is 75.8 Å². The molecule has 2 unspecified atom stereocenters. The SMILES string of the molecule is CCCOc1ccc(C(C)N2CCC(N)(C(=O)O)C2)cc1. The minimum atomic E-state index is -1.11. The van der Waals surface area contributed by atoms with Gasteiger partial charge >= 0.3 is 5.97 Å². The third-order valence-electron chi connectivity index (χ3n) is 4.14. The Kier molecular flexibility index (Phi) is 4.85. The highest BCUT2D eigenvalue weighted by atomic mass is 16.5. The molecule has 2 atom stereocenters. The van der Waals surface area contributed by atoms with Crippen LogP contribution in [-0.2, 0) is 4.79 Å². The molecule has 3 N–H and O–H groups in total. The lowest BCUT2D eigenvalue weighted by molar-refractivity contribution is -0.142. The number of likely N-dealkylation sites (tertiary alicyclic amines) is 1. The molecule has 1 aromatic rings. The van der Waals surface area contributed by atoms with E-state index in [-0.39, 0.29) is 6.04 Å². The largest absolute Gasteiger partial charge is 0.494 e. The van der Waals surface area contributed by atoms with Crippen molar-refractivity contribution in [3.05, 3.63) is 29.8 Å². The molecule has 116 valence electrons. The van der Waals surface area contributed by atoms with Crippen LogP contribution in [0.15, 0.2) is 24.3 Å². The standard InChI is InChI=1S/C16H24N2O3/c1-3-10-21-14-6-4-13(5-7-14)12(2)18-9-8-16(17,11-18)15(19)20/h4-7,12H,3,8-11,17H2,1-2H3,(H,19,20). The molecular weight excluding hydrogens is 268 g/mol. The van der Waals surface area contributed by atoms with Gasteiger partial charge in [0.05, 0.1) is 6.61 Å². The second kappa shape index (κ2) is 6.45. The average molecular weight is 292 g/mol. The molecule has 0 amide bonds. The van der Waals surface area contributed by atoms with Gasteiger partial charge in [-0.15, -0.1) is 0 Å². The summed E-state index contributed by atoms with van der Waals surface area (Å²) in [5.41, 5.74) is 5.96. The molecule has 1 aliphatic heterocycles. The first kappa shape index (κ1) is 15.8. The summed E-state index contributed by atoms with van der Waals surface area (Å²) in [5.74, 6) is -0.0477. The monoisotopic (exact) mass is 292 g/mol. The van der Waals surface area contributed by atoms with Gasteiger partial charge in [-0.2, -0.15) is 0 Å². The van der Waals surface area contributed by atoms with E-state index in [0.717, 1.165) is 24.3 Å². The molecule has 1 saturated heterocycles. The Bertz CT molecular complexity index is 489. The molecule has 5 heteroatoms. The average Bonchev–Trinajstić information content (AvgIpc) is 2.89. The summed E-state index contributed by atoms with van der Waals surface area (Å²) in [6, 6.07) is 8.14. The smallest absolute Gasteiger partial charge is 0.325 e. The van der Waals surface area contributed by atoms with Crippen LogP contribution in [0, 0.1) is 0 Å². The van der Waals surface area contributed by atoms with E-state index in [4.69, 9.17) is 10.5 Å². The Morgan fingerprint density at radius 3 is 2.67 bits per heavy atom. The van der Waals surface area contributed by atoms with Gasteiger partial charge in [0.2, 0.25) is 0 Å². The van der Waals surface area contributed by atoms with Crippen LogP contribution < -0.4 is 10.5 Å². The van der Waals surface area contributed by atoms with Crippen molar-refractivity contribution < 1.29 is 14.6 Å². The molecule has 0 aromatic heterocycles. The van der Waals surface area contributed by atoms with Crippen LogP contribution in [0.5, 0.6) is 5.75 Å². The summed E-state index contributed by atoms with van der Waals surface area (Å²) in [4.78, 5) is 13.3. The fourth-order valence-corrected chi connectivity index (χ4v) is 2.64. The zero-order valence-electron chi connectivity index (χ0n) is 12.7. The second-order valence-corrected chi connectivity index (χ2v) is 5.78. The summed E-state index contributed by atoms with van der Waals surface area (Å²) in [7, 11) is 0. The lowest BCUT2D eigenvalue weighted by atomic mass is 10.0. The predicted molar refractivity (Wildman–Crippen MR) is 81.4 cm³/mol.